The van der Waals surface area contributed by atoms with Crippen LogP contribution in [0.2, 0.25) is 0 Å². The second-order valence-corrected chi connectivity index (χ2v) is 5.73. The molecule has 2 aliphatic rings. The van der Waals surface area contributed by atoms with E-state index < -0.39 is 0 Å². The van der Waals surface area contributed by atoms with E-state index in [9.17, 15) is 0 Å². The first-order chi connectivity index (χ1) is 7.93. The van der Waals surface area contributed by atoms with Gasteiger partial charge in [0.25, 0.3) is 0 Å². The van der Waals surface area contributed by atoms with Crippen LogP contribution in [0.3, 0.4) is 0 Å². The van der Waals surface area contributed by atoms with Crippen LogP contribution in [-0.4, -0.2) is 22.7 Å². The summed E-state index contributed by atoms with van der Waals surface area (Å²) in [7, 11) is 0. The van der Waals surface area contributed by atoms with Crippen molar-refractivity contribution in [2.75, 3.05) is 5.88 Å². The molecular weight excluding hydrogens is 214 g/mol. The molecule has 1 heterocycles. The van der Waals surface area contributed by atoms with Gasteiger partial charge in [0, 0.05) is 17.7 Å². The second kappa shape index (κ2) is 4.62. The predicted octanol–water partition coefficient (Wildman–Crippen LogP) is 3.51. The van der Waals surface area contributed by atoms with Crippen LogP contribution < -0.4 is 0 Å². The largest absolute Gasteiger partial charge is 0.223 e. The number of hydrogen-bond acceptors (Lipinski definition) is 1. The standard InChI is InChI=1S/C14H18NS/c1-2-7-13(8-3-1)15-10-12-6-4-5-9-14(12)16-11-15/h4-6,9-10,13H,1-3,7-8,11H2/q+1. The number of nitrogens with zero attached hydrogens (tertiary/aromatic N) is 1. The summed E-state index contributed by atoms with van der Waals surface area (Å²) in [6, 6.07) is 9.54. The van der Waals surface area contributed by atoms with Crippen molar-refractivity contribution >= 4 is 18.0 Å². The summed E-state index contributed by atoms with van der Waals surface area (Å²) in [6.07, 6.45) is 9.43. The van der Waals surface area contributed by atoms with Crippen molar-refractivity contribution in [2.24, 2.45) is 0 Å². The zero-order chi connectivity index (χ0) is 10.8. The highest BCUT2D eigenvalue weighted by Gasteiger charge is 2.26. The Balaban J connectivity index is 1.85. The van der Waals surface area contributed by atoms with Gasteiger partial charge in [-0.1, -0.05) is 30.3 Å². The number of thioether (sulfide) groups is 1. The van der Waals surface area contributed by atoms with Crippen LogP contribution in [0.1, 0.15) is 37.7 Å². The average molecular weight is 232 g/mol. The van der Waals surface area contributed by atoms with E-state index in [4.69, 9.17) is 0 Å². The van der Waals surface area contributed by atoms with Crippen LogP contribution >= 0.6 is 11.8 Å². The zero-order valence-corrected chi connectivity index (χ0v) is 10.4. The normalized spacial score (nSPS) is 21.4. The van der Waals surface area contributed by atoms with Gasteiger partial charge in [0.1, 0.15) is 0 Å². The maximum atomic E-state index is 2.56. The first-order valence-corrected chi connectivity index (χ1v) is 7.24. The highest BCUT2D eigenvalue weighted by molar-refractivity contribution is 7.99. The Hall–Kier alpha value is -0.760. The number of fused-ring (bicyclic) bond motifs is 1. The molecule has 0 aromatic heterocycles. The molecule has 3 rings (SSSR count). The van der Waals surface area contributed by atoms with E-state index in [1.807, 2.05) is 11.8 Å². The molecule has 0 radical (unpaired) electrons. The second-order valence-electron chi connectivity index (χ2n) is 4.75. The Morgan fingerprint density at radius 1 is 1.06 bits per heavy atom. The highest BCUT2D eigenvalue weighted by Crippen LogP contribution is 2.28. The molecule has 1 aromatic rings. The van der Waals surface area contributed by atoms with Gasteiger partial charge in [0.05, 0.1) is 5.56 Å². The smallest absolute Gasteiger partial charge is 0.193 e. The lowest BCUT2D eigenvalue weighted by molar-refractivity contribution is -0.547. The quantitative estimate of drug-likeness (QED) is 0.670. The van der Waals surface area contributed by atoms with Crippen molar-refractivity contribution in [1.29, 1.82) is 0 Å². The van der Waals surface area contributed by atoms with Gasteiger partial charge in [0.15, 0.2) is 18.1 Å². The monoisotopic (exact) mass is 232 g/mol. The van der Waals surface area contributed by atoms with Gasteiger partial charge in [-0.05, 0) is 25.0 Å². The van der Waals surface area contributed by atoms with Gasteiger partial charge in [-0.2, -0.15) is 0 Å². The lowest BCUT2D eigenvalue weighted by Gasteiger charge is -2.22. The van der Waals surface area contributed by atoms with Crippen molar-refractivity contribution in [3.63, 3.8) is 0 Å². The Bertz CT molecular complexity index is 405. The summed E-state index contributed by atoms with van der Waals surface area (Å²) >= 11 is 1.99. The number of rotatable bonds is 1. The molecule has 0 spiro atoms. The number of benzene rings is 1. The maximum absolute atomic E-state index is 2.56. The van der Waals surface area contributed by atoms with E-state index in [0.717, 1.165) is 11.9 Å². The molecule has 0 bridgehead atoms. The van der Waals surface area contributed by atoms with Crippen molar-refractivity contribution < 1.29 is 4.58 Å². The molecular formula is C14H18NS+. The van der Waals surface area contributed by atoms with Gasteiger partial charge in [-0.25, -0.2) is 4.58 Å². The van der Waals surface area contributed by atoms with E-state index in [0.29, 0.717) is 0 Å². The fourth-order valence-electron chi connectivity index (χ4n) is 2.70. The van der Waals surface area contributed by atoms with Crippen LogP contribution in [0.4, 0.5) is 0 Å². The molecule has 1 fully saturated rings. The summed E-state index contributed by atoms with van der Waals surface area (Å²) in [5, 5.41) is 0. The summed E-state index contributed by atoms with van der Waals surface area (Å²) in [4.78, 5) is 1.44. The van der Waals surface area contributed by atoms with Crippen molar-refractivity contribution in [2.45, 2.75) is 43.0 Å². The molecule has 1 nitrogen and oxygen atoms in total. The molecule has 1 aliphatic carbocycles. The Morgan fingerprint density at radius 3 is 2.75 bits per heavy atom. The molecule has 16 heavy (non-hydrogen) atoms. The third-order valence-electron chi connectivity index (χ3n) is 3.64. The topological polar surface area (TPSA) is 3.01 Å². The third kappa shape index (κ3) is 2.03. The molecule has 0 N–H and O–H groups in total. The minimum atomic E-state index is 0.801. The summed E-state index contributed by atoms with van der Waals surface area (Å²) in [5.74, 6) is 1.14. The van der Waals surface area contributed by atoms with Gasteiger partial charge < -0.3 is 0 Å². The maximum Gasteiger partial charge on any atom is 0.193 e. The van der Waals surface area contributed by atoms with Gasteiger partial charge >= 0.3 is 0 Å². The van der Waals surface area contributed by atoms with Crippen LogP contribution in [0, 0.1) is 0 Å². The summed E-state index contributed by atoms with van der Waals surface area (Å²) in [6.45, 7) is 0. The van der Waals surface area contributed by atoms with E-state index in [1.54, 1.807) is 0 Å². The lowest BCUT2D eigenvalue weighted by atomic mass is 9.95. The average Bonchev–Trinajstić information content (AvgIpc) is 2.39. The zero-order valence-electron chi connectivity index (χ0n) is 9.56. The molecule has 0 amide bonds. The molecule has 0 saturated heterocycles. The molecule has 0 unspecified atom stereocenters. The van der Waals surface area contributed by atoms with Crippen LogP contribution in [0.15, 0.2) is 29.2 Å². The third-order valence-corrected chi connectivity index (χ3v) is 4.75. The van der Waals surface area contributed by atoms with Crippen molar-refractivity contribution in [3.8, 4) is 0 Å². The van der Waals surface area contributed by atoms with Crippen LogP contribution in [-0.2, 0) is 0 Å². The summed E-state index contributed by atoms with van der Waals surface area (Å²) in [5.41, 5.74) is 1.41. The molecule has 1 saturated carbocycles. The first kappa shape index (κ1) is 10.4. The van der Waals surface area contributed by atoms with Crippen molar-refractivity contribution in [3.05, 3.63) is 29.8 Å². The molecule has 2 heteroatoms. The lowest BCUT2D eigenvalue weighted by Crippen LogP contribution is -2.31. The molecule has 0 atom stereocenters. The van der Waals surface area contributed by atoms with Crippen molar-refractivity contribution in [1.82, 2.24) is 0 Å². The Morgan fingerprint density at radius 2 is 1.88 bits per heavy atom. The minimum absolute atomic E-state index is 0.801. The van der Waals surface area contributed by atoms with Gasteiger partial charge in [0.2, 0.25) is 0 Å². The van der Waals surface area contributed by atoms with E-state index in [-0.39, 0.29) is 0 Å². The van der Waals surface area contributed by atoms with E-state index >= 15 is 0 Å². The summed E-state index contributed by atoms with van der Waals surface area (Å²) < 4.78 is 2.56. The van der Waals surface area contributed by atoms with Gasteiger partial charge in [-0.15, -0.1) is 0 Å². The predicted molar refractivity (Wildman–Crippen MR) is 69.5 cm³/mol. The minimum Gasteiger partial charge on any atom is -0.223 e. The molecule has 84 valence electrons. The Kier molecular flexibility index (Phi) is 3.00. The first-order valence-electron chi connectivity index (χ1n) is 6.26. The van der Waals surface area contributed by atoms with Gasteiger partial charge in [-0.3, -0.25) is 0 Å². The van der Waals surface area contributed by atoms with E-state index in [2.05, 4.69) is 35.1 Å². The fraction of sp³-hybridized carbons (Fsp3) is 0.500. The molecule has 1 aliphatic heterocycles. The Labute approximate surface area is 102 Å². The van der Waals surface area contributed by atoms with Crippen LogP contribution in [0.25, 0.3) is 0 Å². The highest BCUT2D eigenvalue weighted by atomic mass is 32.2. The molecule has 1 aromatic carbocycles. The van der Waals surface area contributed by atoms with Crippen LogP contribution in [0.5, 0.6) is 0 Å². The SMILES string of the molecule is C1=[N+](C2CCCCC2)CSc2ccccc21. The van der Waals surface area contributed by atoms with E-state index in [1.165, 1.54) is 42.6 Å². The fourth-order valence-corrected chi connectivity index (χ4v) is 3.74. The number of hydrogen-bond donors (Lipinski definition) is 0.